The lowest BCUT2D eigenvalue weighted by Gasteiger charge is -2.23. The first-order chi connectivity index (χ1) is 10.7. The summed E-state index contributed by atoms with van der Waals surface area (Å²) in [7, 11) is 2.00. The second-order valence-corrected chi connectivity index (χ2v) is 6.96. The molecule has 3 unspecified atom stereocenters. The van der Waals surface area contributed by atoms with Crippen LogP contribution in [0.15, 0.2) is 0 Å². The summed E-state index contributed by atoms with van der Waals surface area (Å²) in [4.78, 5) is 15.4. The van der Waals surface area contributed by atoms with Crippen molar-refractivity contribution in [3.63, 3.8) is 0 Å². The molecule has 4 N–H and O–H groups in total. The molecule has 2 saturated carbocycles. The van der Waals surface area contributed by atoms with E-state index < -0.39 is 0 Å². The fraction of sp³-hybridized carbons (Fsp3) is 0.800. The summed E-state index contributed by atoms with van der Waals surface area (Å²) < 4.78 is 0. The highest BCUT2D eigenvalue weighted by Crippen LogP contribution is 2.45. The minimum absolute atomic E-state index is 0.309. The molecule has 1 aromatic rings. The average molecular weight is 303 g/mol. The third-order valence-electron chi connectivity index (χ3n) is 5.57. The van der Waals surface area contributed by atoms with Crippen molar-refractivity contribution >= 4 is 17.8 Å². The summed E-state index contributed by atoms with van der Waals surface area (Å²) in [5.41, 5.74) is 5.90. The molecule has 3 aliphatic rings. The molecule has 0 amide bonds. The quantitative estimate of drug-likeness (QED) is 0.759. The van der Waals surface area contributed by atoms with Gasteiger partial charge in [-0.05, 0) is 44.6 Å². The summed E-state index contributed by atoms with van der Waals surface area (Å²) in [5.74, 6) is 3.34. The molecule has 22 heavy (non-hydrogen) atoms. The second kappa shape index (κ2) is 5.53. The van der Waals surface area contributed by atoms with Crippen molar-refractivity contribution in [1.29, 1.82) is 0 Å². The summed E-state index contributed by atoms with van der Waals surface area (Å²) in [6, 6.07) is 1.01. The normalized spacial score (nSPS) is 33.6. The van der Waals surface area contributed by atoms with Gasteiger partial charge >= 0.3 is 0 Å². The zero-order valence-electron chi connectivity index (χ0n) is 13.1. The van der Waals surface area contributed by atoms with Crippen LogP contribution in [-0.4, -0.2) is 47.2 Å². The molecule has 4 rings (SSSR count). The molecule has 0 aromatic carbocycles. The zero-order chi connectivity index (χ0) is 15.1. The van der Waals surface area contributed by atoms with Gasteiger partial charge in [-0.25, -0.2) is 0 Å². The van der Waals surface area contributed by atoms with Gasteiger partial charge in [-0.3, -0.25) is 0 Å². The van der Waals surface area contributed by atoms with Gasteiger partial charge in [-0.2, -0.15) is 15.0 Å². The van der Waals surface area contributed by atoms with Crippen LogP contribution in [0.2, 0.25) is 0 Å². The van der Waals surface area contributed by atoms with Crippen molar-refractivity contribution in [3.8, 4) is 0 Å². The van der Waals surface area contributed by atoms with Crippen LogP contribution in [0, 0.1) is 11.8 Å². The zero-order valence-corrected chi connectivity index (χ0v) is 13.1. The number of hydrogen-bond donors (Lipinski definition) is 3. The van der Waals surface area contributed by atoms with Gasteiger partial charge in [0.2, 0.25) is 17.8 Å². The number of likely N-dealkylation sites (N-methyl/N-ethyl adjacent to an activating group) is 1. The first-order valence-electron chi connectivity index (χ1n) is 8.41. The van der Waals surface area contributed by atoms with Crippen molar-refractivity contribution in [3.05, 3.63) is 0 Å². The average Bonchev–Trinajstić information content (AvgIpc) is 3.23. The van der Waals surface area contributed by atoms with Crippen LogP contribution in [0.4, 0.5) is 17.8 Å². The van der Waals surface area contributed by atoms with Gasteiger partial charge in [0.1, 0.15) is 0 Å². The number of fused-ring (bicyclic) bond motifs is 2. The van der Waals surface area contributed by atoms with Crippen LogP contribution < -0.4 is 21.3 Å². The molecule has 1 aromatic heterocycles. The molecule has 120 valence electrons. The SMILES string of the molecule is CN[C@@H]1CCN(c2nc(N)nc(NC3CC4CCC3C4)n2)C1. The highest BCUT2D eigenvalue weighted by atomic mass is 15.3. The Morgan fingerprint density at radius 3 is 2.73 bits per heavy atom. The highest BCUT2D eigenvalue weighted by molar-refractivity contribution is 5.43. The van der Waals surface area contributed by atoms with E-state index >= 15 is 0 Å². The van der Waals surface area contributed by atoms with Crippen LogP contribution in [0.25, 0.3) is 0 Å². The summed E-state index contributed by atoms with van der Waals surface area (Å²) >= 11 is 0. The lowest BCUT2D eigenvalue weighted by Crippen LogP contribution is -2.31. The van der Waals surface area contributed by atoms with E-state index in [-0.39, 0.29) is 0 Å². The Morgan fingerprint density at radius 2 is 2.05 bits per heavy atom. The second-order valence-electron chi connectivity index (χ2n) is 6.96. The first-order valence-corrected chi connectivity index (χ1v) is 8.41. The Hall–Kier alpha value is -1.63. The highest BCUT2D eigenvalue weighted by Gasteiger charge is 2.39. The van der Waals surface area contributed by atoms with Crippen LogP contribution in [0.1, 0.15) is 32.1 Å². The van der Waals surface area contributed by atoms with E-state index in [1.54, 1.807) is 0 Å². The molecule has 4 atom stereocenters. The van der Waals surface area contributed by atoms with E-state index in [4.69, 9.17) is 5.73 Å². The third-order valence-corrected chi connectivity index (χ3v) is 5.57. The Bertz CT molecular complexity index is 549. The molecule has 1 saturated heterocycles. The minimum atomic E-state index is 0.309. The van der Waals surface area contributed by atoms with Crippen molar-refractivity contribution in [2.75, 3.05) is 36.1 Å². The number of nitrogen functional groups attached to an aromatic ring is 1. The fourth-order valence-electron chi connectivity index (χ4n) is 4.35. The monoisotopic (exact) mass is 303 g/mol. The number of hydrogen-bond acceptors (Lipinski definition) is 7. The maximum Gasteiger partial charge on any atom is 0.232 e. The summed E-state index contributed by atoms with van der Waals surface area (Å²) in [5, 5.41) is 6.83. The molecule has 2 heterocycles. The molecule has 2 aliphatic carbocycles. The molecular formula is C15H25N7. The number of aromatic nitrogens is 3. The van der Waals surface area contributed by atoms with Gasteiger partial charge in [-0.15, -0.1) is 0 Å². The van der Waals surface area contributed by atoms with Gasteiger partial charge in [0.05, 0.1) is 0 Å². The Balaban J connectivity index is 1.49. The van der Waals surface area contributed by atoms with Crippen LogP contribution >= 0.6 is 0 Å². The smallest absolute Gasteiger partial charge is 0.232 e. The molecule has 1 aliphatic heterocycles. The Labute approximate surface area is 131 Å². The number of nitrogens with zero attached hydrogens (tertiary/aromatic N) is 4. The number of nitrogens with one attached hydrogen (secondary N) is 2. The molecule has 3 fully saturated rings. The van der Waals surface area contributed by atoms with Gasteiger partial charge in [0.15, 0.2) is 0 Å². The molecule has 7 nitrogen and oxygen atoms in total. The number of anilines is 3. The molecular weight excluding hydrogens is 278 g/mol. The molecule has 7 heteroatoms. The van der Waals surface area contributed by atoms with E-state index in [0.717, 1.165) is 31.3 Å². The third kappa shape index (κ3) is 2.58. The van der Waals surface area contributed by atoms with E-state index in [9.17, 15) is 0 Å². The summed E-state index contributed by atoms with van der Waals surface area (Å²) in [6.45, 7) is 1.88. The maximum atomic E-state index is 5.90. The van der Waals surface area contributed by atoms with Crippen molar-refractivity contribution < 1.29 is 0 Å². The fourth-order valence-corrected chi connectivity index (χ4v) is 4.35. The largest absolute Gasteiger partial charge is 0.368 e. The lowest BCUT2D eigenvalue weighted by atomic mass is 9.95. The lowest BCUT2D eigenvalue weighted by molar-refractivity contribution is 0.438. The van der Waals surface area contributed by atoms with Gasteiger partial charge in [-0.1, -0.05) is 6.42 Å². The van der Waals surface area contributed by atoms with Crippen molar-refractivity contribution in [2.45, 2.75) is 44.2 Å². The molecule has 0 spiro atoms. The van der Waals surface area contributed by atoms with E-state index in [2.05, 4.69) is 30.5 Å². The van der Waals surface area contributed by atoms with E-state index in [1.807, 2.05) is 7.05 Å². The van der Waals surface area contributed by atoms with E-state index in [1.165, 1.54) is 25.7 Å². The van der Waals surface area contributed by atoms with Crippen molar-refractivity contribution in [2.24, 2.45) is 11.8 Å². The van der Waals surface area contributed by atoms with Crippen molar-refractivity contribution in [1.82, 2.24) is 20.3 Å². The predicted octanol–water partition coefficient (Wildman–Crippen LogP) is 0.852. The summed E-state index contributed by atoms with van der Waals surface area (Å²) in [6.07, 6.45) is 6.45. The topological polar surface area (TPSA) is 92.0 Å². The molecule has 2 bridgehead atoms. The van der Waals surface area contributed by atoms with Gasteiger partial charge in [0.25, 0.3) is 0 Å². The minimum Gasteiger partial charge on any atom is -0.368 e. The molecule has 0 radical (unpaired) electrons. The van der Waals surface area contributed by atoms with Crippen LogP contribution in [0.5, 0.6) is 0 Å². The standard InChI is InChI=1S/C15H25N7/c1-17-11-4-5-22(8-11)15-20-13(16)19-14(21-15)18-12-7-9-2-3-10(12)6-9/h9-12,17H,2-8H2,1H3,(H3,16,18,19,20,21)/t9?,10?,11-,12?/m1/s1. The first kappa shape index (κ1) is 14.0. The van der Waals surface area contributed by atoms with Crippen LogP contribution in [-0.2, 0) is 0 Å². The Morgan fingerprint density at radius 1 is 1.14 bits per heavy atom. The Kier molecular flexibility index (Phi) is 3.52. The number of rotatable bonds is 4. The predicted molar refractivity (Wildman–Crippen MR) is 86.8 cm³/mol. The number of nitrogens with two attached hydrogens (primary N) is 1. The van der Waals surface area contributed by atoms with Gasteiger partial charge in [0, 0.05) is 25.2 Å². The maximum absolute atomic E-state index is 5.90. The van der Waals surface area contributed by atoms with Crippen LogP contribution in [0.3, 0.4) is 0 Å². The van der Waals surface area contributed by atoms with Gasteiger partial charge < -0.3 is 21.3 Å². The van der Waals surface area contributed by atoms with E-state index in [0.29, 0.717) is 29.9 Å².